The monoisotopic (exact) mass is 363 g/mol. The lowest BCUT2D eigenvalue weighted by Gasteiger charge is -2.42. The molecule has 146 valence electrons. The minimum absolute atomic E-state index is 0.364. The van der Waals surface area contributed by atoms with Crippen LogP contribution in [0.5, 0.6) is 5.75 Å². The standard InChI is InChI=1S/C20H33N3O3/c1-21-19(23-16-20(8-5-9-20)10-11-24-2)22-15-17-6-4-7-18(14-17)26-13-12-25-3/h4,6-7,14H,5,8-13,15-16H2,1-3H3,(H2,21,22,23). The third kappa shape index (κ3) is 6.50. The first-order valence-corrected chi connectivity index (χ1v) is 9.35. The fraction of sp³-hybridized carbons (Fsp3) is 0.650. The van der Waals surface area contributed by atoms with E-state index in [9.17, 15) is 0 Å². The van der Waals surface area contributed by atoms with Crippen LogP contribution in [-0.2, 0) is 16.0 Å². The maximum absolute atomic E-state index is 5.66. The molecule has 1 saturated carbocycles. The van der Waals surface area contributed by atoms with Crippen molar-refractivity contribution in [1.82, 2.24) is 10.6 Å². The number of aliphatic imine (C=N–C) groups is 1. The number of guanidine groups is 1. The Morgan fingerprint density at radius 1 is 1.12 bits per heavy atom. The van der Waals surface area contributed by atoms with E-state index < -0.39 is 0 Å². The van der Waals surface area contributed by atoms with Crippen molar-refractivity contribution in [3.8, 4) is 5.75 Å². The van der Waals surface area contributed by atoms with Gasteiger partial charge in [0.25, 0.3) is 0 Å². The summed E-state index contributed by atoms with van der Waals surface area (Å²) >= 11 is 0. The zero-order valence-electron chi connectivity index (χ0n) is 16.3. The third-order valence-electron chi connectivity index (χ3n) is 5.02. The topological polar surface area (TPSA) is 64.1 Å². The molecule has 6 nitrogen and oxygen atoms in total. The van der Waals surface area contributed by atoms with Gasteiger partial charge in [0, 0.05) is 41.0 Å². The van der Waals surface area contributed by atoms with Gasteiger partial charge in [0.05, 0.1) is 6.61 Å². The maximum Gasteiger partial charge on any atom is 0.191 e. The summed E-state index contributed by atoms with van der Waals surface area (Å²) in [7, 11) is 5.25. The first-order chi connectivity index (χ1) is 12.7. The average molecular weight is 364 g/mol. The molecular formula is C20H33N3O3. The second-order valence-electron chi connectivity index (χ2n) is 6.86. The minimum Gasteiger partial charge on any atom is -0.491 e. The van der Waals surface area contributed by atoms with E-state index in [0.717, 1.165) is 36.8 Å². The molecule has 1 aliphatic rings. The van der Waals surface area contributed by atoms with Gasteiger partial charge in [0.1, 0.15) is 12.4 Å². The van der Waals surface area contributed by atoms with Gasteiger partial charge in [-0.25, -0.2) is 0 Å². The highest BCUT2D eigenvalue weighted by atomic mass is 16.5. The van der Waals surface area contributed by atoms with E-state index in [2.05, 4.69) is 21.7 Å². The molecule has 0 heterocycles. The largest absolute Gasteiger partial charge is 0.491 e. The van der Waals surface area contributed by atoms with Crippen LogP contribution in [0.4, 0.5) is 0 Å². The van der Waals surface area contributed by atoms with E-state index in [1.807, 2.05) is 25.2 Å². The lowest BCUT2D eigenvalue weighted by molar-refractivity contribution is 0.0732. The normalized spacial score (nSPS) is 16.0. The molecule has 0 aromatic heterocycles. The number of rotatable bonds is 11. The van der Waals surface area contributed by atoms with Gasteiger partial charge in [-0.3, -0.25) is 4.99 Å². The van der Waals surface area contributed by atoms with Crippen molar-refractivity contribution in [2.75, 3.05) is 47.6 Å². The zero-order valence-corrected chi connectivity index (χ0v) is 16.3. The van der Waals surface area contributed by atoms with Crippen LogP contribution in [0.3, 0.4) is 0 Å². The molecule has 26 heavy (non-hydrogen) atoms. The molecule has 0 spiro atoms. The van der Waals surface area contributed by atoms with Crippen molar-refractivity contribution in [2.24, 2.45) is 10.4 Å². The number of methoxy groups -OCH3 is 2. The van der Waals surface area contributed by atoms with Gasteiger partial charge in [-0.1, -0.05) is 18.6 Å². The highest BCUT2D eigenvalue weighted by molar-refractivity contribution is 5.79. The molecule has 1 aromatic carbocycles. The van der Waals surface area contributed by atoms with E-state index in [1.54, 1.807) is 14.2 Å². The molecule has 0 amide bonds. The molecule has 2 rings (SSSR count). The van der Waals surface area contributed by atoms with Crippen molar-refractivity contribution in [2.45, 2.75) is 32.2 Å². The first kappa shape index (κ1) is 20.5. The predicted molar refractivity (Wildman–Crippen MR) is 105 cm³/mol. The highest BCUT2D eigenvalue weighted by Crippen LogP contribution is 2.43. The SMILES string of the molecule is CN=C(NCc1cccc(OCCOC)c1)NCC1(CCOC)CCC1. The molecule has 0 radical (unpaired) electrons. The Labute approximate surface area is 157 Å². The van der Waals surface area contributed by atoms with Crippen molar-refractivity contribution in [1.29, 1.82) is 0 Å². The van der Waals surface area contributed by atoms with E-state index in [-0.39, 0.29) is 0 Å². The molecule has 1 aliphatic carbocycles. The number of benzene rings is 1. The van der Waals surface area contributed by atoms with Crippen molar-refractivity contribution in [3.63, 3.8) is 0 Å². The Bertz CT molecular complexity index is 559. The summed E-state index contributed by atoms with van der Waals surface area (Å²) in [5.41, 5.74) is 1.52. The zero-order chi connectivity index (χ0) is 18.7. The molecule has 0 unspecified atom stereocenters. The van der Waals surface area contributed by atoms with Gasteiger partial charge < -0.3 is 24.8 Å². The average Bonchev–Trinajstić information content (AvgIpc) is 2.63. The van der Waals surface area contributed by atoms with Crippen LogP contribution >= 0.6 is 0 Å². The van der Waals surface area contributed by atoms with Gasteiger partial charge in [0.2, 0.25) is 0 Å². The van der Waals surface area contributed by atoms with Gasteiger partial charge in [0.15, 0.2) is 5.96 Å². The summed E-state index contributed by atoms with van der Waals surface area (Å²) < 4.78 is 15.9. The number of nitrogens with zero attached hydrogens (tertiary/aromatic N) is 1. The van der Waals surface area contributed by atoms with Gasteiger partial charge in [-0.2, -0.15) is 0 Å². The molecule has 6 heteroatoms. The van der Waals surface area contributed by atoms with Crippen LogP contribution in [0, 0.1) is 5.41 Å². The third-order valence-corrected chi connectivity index (χ3v) is 5.02. The van der Waals surface area contributed by atoms with Crippen LogP contribution in [0.2, 0.25) is 0 Å². The molecule has 0 aliphatic heterocycles. The van der Waals surface area contributed by atoms with Crippen LogP contribution in [0.25, 0.3) is 0 Å². The molecule has 0 saturated heterocycles. The molecule has 0 bridgehead atoms. The Morgan fingerprint density at radius 2 is 1.92 bits per heavy atom. The van der Waals surface area contributed by atoms with Crippen molar-refractivity contribution in [3.05, 3.63) is 29.8 Å². The van der Waals surface area contributed by atoms with Gasteiger partial charge in [-0.15, -0.1) is 0 Å². The quantitative estimate of drug-likeness (QED) is 0.359. The minimum atomic E-state index is 0.364. The van der Waals surface area contributed by atoms with Crippen LogP contribution < -0.4 is 15.4 Å². The highest BCUT2D eigenvalue weighted by Gasteiger charge is 2.36. The first-order valence-electron chi connectivity index (χ1n) is 9.35. The van der Waals surface area contributed by atoms with Crippen molar-refractivity contribution >= 4 is 5.96 Å². The Morgan fingerprint density at radius 3 is 2.58 bits per heavy atom. The Kier molecular flexibility index (Phi) is 8.71. The summed E-state index contributed by atoms with van der Waals surface area (Å²) in [6.45, 7) is 3.61. The summed E-state index contributed by atoms with van der Waals surface area (Å²) in [5.74, 6) is 1.69. The van der Waals surface area contributed by atoms with Crippen LogP contribution in [0.1, 0.15) is 31.2 Å². The van der Waals surface area contributed by atoms with E-state index in [4.69, 9.17) is 14.2 Å². The van der Waals surface area contributed by atoms with Gasteiger partial charge in [-0.05, 0) is 42.4 Å². The number of hydrogen-bond acceptors (Lipinski definition) is 4. The lowest BCUT2D eigenvalue weighted by Crippen LogP contribution is -2.46. The fourth-order valence-corrected chi connectivity index (χ4v) is 3.18. The fourth-order valence-electron chi connectivity index (χ4n) is 3.18. The van der Waals surface area contributed by atoms with Crippen LogP contribution in [0.15, 0.2) is 29.3 Å². The molecule has 1 fully saturated rings. The van der Waals surface area contributed by atoms with E-state index in [0.29, 0.717) is 25.2 Å². The molecule has 1 aromatic rings. The predicted octanol–water partition coefficient (Wildman–Crippen LogP) is 2.58. The Balaban J connectivity index is 1.78. The summed E-state index contributed by atoms with van der Waals surface area (Å²) in [5, 5.41) is 6.87. The summed E-state index contributed by atoms with van der Waals surface area (Å²) in [6, 6.07) is 8.09. The van der Waals surface area contributed by atoms with Crippen molar-refractivity contribution < 1.29 is 14.2 Å². The molecule has 0 atom stereocenters. The van der Waals surface area contributed by atoms with E-state index >= 15 is 0 Å². The second-order valence-corrected chi connectivity index (χ2v) is 6.86. The number of ether oxygens (including phenoxy) is 3. The number of nitrogens with one attached hydrogen (secondary N) is 2. The molecule has 2 N–H and O–H groups in total. The van der Waals surface area contributed by atoms with E-state index in [1.165, 1.54) is 19.3 Å². The van der Waals surface area contributed by atoms with Gasteiger partial charge >= 0.3 is 0 Å². The second kappa shape index (κ2) is 11.0. The molecular weight excluding hydrogens is 330 g/mol. The summed E-state index contributed by atoms with van der Waals surface area (Å²) in [4.78, 5) is 4.34. The maximum atomic E-state index is 5.66. The summed E-state index contributed by atoms with van der Waals surface area (Å²) in [6.07, 6.45) is 4.95. The smallest absolute Gasteiger partial charge is 0.191 e. The lowest BCUT2D eigenvalue weighted by atomic mass is 9.67. The van der Waals surface area contributed by atoms with Crippen LogP contribution in [-0.4, -0.2) is 53.6 Å². The number of hydrogen-bond donors (Lipinski definition) is 2. The Hall–Kier alpha value is -1.79.